The summed E-state index contributed by atoms with van der Waals surface area (Å²) in [6.07, 6.45) is 1.78. The van der Waals surface area contributed by atoms with Gasteiger partial charge in [-0.2, -0.15) is 0 Å². The van der Waals surface area contributed by atoms with E-state index in [-0.39, 0.29) is 30.5 Å². The predicted octanol–water partition coefficient (Wildman–Crippen LogP) is 1.95. The van der Waals surface area contributed by atoms with Crippen LogP contribution >= 0.6 is 0 Å². The van der Waals surface area contributed by atoms with Gasteiger partial charge < -0.3 is 19.5 Å². The summed E-state index contributed by atoms with van der Waals surface area (Å²) in [5, 5.41) is 2.22. The Hall–Kier alpha value is -3.63. The normalized spacial score (nSPS) is 19.7. The maximum atomic E-state index is 13.9. The second-order valence-corrected chi connectivity index (χ2v) is 8.02. The number of Topliss-reactive ketones (excluding diaryl/α,β-unsaturated/α-hetero) is 1. The molecule has 2 unspecified atom stereocenters. The highest BCUT2D eigenvalue weighted by molar-refractivity contribution is 6.01. The molecule has 0 aliphatic carbocycles. The third-order valence-electron chi connectivity index (χ3n) is 6.05. The van der Waals surface area contributed by atoms with Crippen LogP contribution in [0.4, 0.5) is 13.2 Å². The molecule has 1 aromatic carbocycles. The van der Waals surface area contributed by atoms with Crippen LogP contribution in [0.2, 0.25) is 0 Å². The summed E-state index contributed by atoms with van der Waals surface area (Å²) in [6, 6.07) is -0.0893. The Morgan fingerprint density at radius 1 is 1.18 bits per heavy atom. The maximum absolute atomic E-state index is 13.9. The molecule has 2 aromatic rings. The lowest BCUT2D eigenvalue weighted by Gasteiger charge is -2.36. The van der Waals surface area contributed by atoms with Crippen LogP contribution in [0, 0.1) is 17.5 Å². The molecule has 2 amide bonds. The van der Waals surface area contributed by atoms with Gasteiger partial charge in [0, 0.05) is 49.4 Å². The number of hydrogen-bond donors (Lipinski definition) is 1. The lowest BCUT2D eigenvalue weighted by molar-refractivity contribution is -0.122. The fraction of sp³-hybridized carbons (Fsp3) is 0.364. The minimum absolute atomic E-state index is 0.0882. The second kappa shape index (κ2) is 8.38. The molecule has 11 heteroatoms. The minimum Gasteiger partial charge on any atom is -0.491 e. The highest BCUT2D eigenvalue weighted by atomic mass is 19.1. The predicted molar refractivity (Wildman–Crippen MR) is 109 cm³/mol. The summed E-state index contributed by atoms with van der Waals surface area (Å²) < 4.78 is 47.3. The van der Waals surface area contributed by atoms with Crippen LogP contribution in [0.3, 0.4) is 0 Å². The molecule has 2 bridgehead atoms. The number of benzene rings is 1. The first-order chi connectivity index (χ1) is 15.6. The number of methoxy groups -OCH3 is 1. The number of ketones is 1. The van der Waals surface area contributed by atoms with Crippen LogP contribution in [-0.4, -0.2) is 46.8 Å². The molecule has 2 aliphatic heterocycles. The quantitative estimate of drug-likeness (QED) is 0.748. The molecule has 2 aliphatic rings. The fourth-order valence-corrected chi connectivity index (χ4v) is 4.22. The number of halogens is 3. The van der Waals surface area contributed by atoms with Gasteiger partial charge in [0.2, 0.25) is 5.43 Å². The Morgan fingerprint density at radius 3 is 2.48 bits per heavy atom. The Balaban J connectivity index is 1.74. The maximum Gasteiger partial charge on any atom is 0.274 e. The Kier molecular flexibility index (Phi) is 5.73. The first-order valence-corrected chi connectivity index (χ1v) is 10.2. The topological polar surface area (TPSA) is 97.7 Å². The van der Waals surface area contributed by atoms with Gasteiger partial charge in [-0.15, -0.1) is 0 Å². The summed E-state index contributed by atoms with van der Waals surface area (Å²) >= 11 is 0. The van der Waals surface area contributed by atoms with E-state index in [0.29, 0.717) is 18.6 Å². The summed E-state index contributed by atoms with van der Waals surface area (Å²) in [5.74, 6) is -5.56. The van der Waals surface area contributed by atoms with Crippen molar-refractivity contribution in [2.24, 2.45) is 0 Å². The molecule has 2 atom stereocenters. The first kappa shape index (κ1) is 22.6. The number of carbonyl (C=O) groups excluding carboxylic acids is 3. The van der Waals surface area contributed by atoms with Gasteiger partial charge in [-0.25, -0.2) is 13.2 Å². The van der Waals surface area contributed by atoms with Crippen molar-refractivity contribution in [1.82, 2.24) is 14.8 Å². The van der Waals surface area contributed by atoms with Crippen molar-refractivity contribution in [1.29, 1.82) is 0 Å². The molecule has 8 nitrogen and oxygen atoms in total. The van der Waals surface area contributed by atoms with Gasteiger partial charge in [-0.05, 0) is 13.3 Å². The summed E-state index contributed by atoms with van der Waals surface area (Å²) in [6.45, 7) is 1.24. The molecule has 1 aromatic heterocycles. The van der Waals surface area contributed by atoms with Gasteiger partial charge >= 0.3 is 0 Å². The van der Waals surface area contributed by atoms with Crippen LogP contribution in [0.25, 0.3) is 0 Å². The van der Waals surface area contributed by atoms with E-state index in [1.54, 1.807) is 0 Å². The van der Waals surface area contributed by atoms with Gasteiger partial charge in [-0.1, -0.05) is 0 Å². The first-order valence-electron chi connectivity index (χ1n) is 10.2. The molecular weight excluding hydrogens is 443 g/mol. The van der Waals surface area contributed by atoms with Gasteiger partial charge in [0.25, 0.3) is 11.8 Å². The number of pyridine rings is 1. The molecule has 1 N–H and O–H groups in total. The largest absolute Gasteiger partial charge is 0.491 e. The van der Waals surface area contributed by atoms with E-state index in [4.69, 9.17) is 4.74 Å². The molecule has 1 saturated heterocycles. The number of fused-ring (bicyclic) bond motifs is 4. The lowest BCUT2D eigenvalue weighted by atomic mass is 10.0. The third-order valence-corrected chi connectivity index (χ3v) is 6.05. The number of carbonyl (C=O) groups is 3. The van der Waals surface area contributed by atoms with Crippen molar-refractivity contribution in [2.45, 2.75) is 38.4 Å². The third kappa shape index (κ3) is 3.77. The average Bonchev–Trinajstić information content (AvgIpc) is 2.88. The fourth-order valence-electron chi connectivity index (χ4n) is 4.22. The number of nitrogens with one attached hydrogen (secondary N) is 1. The van der Waals surface area contributed by atoms with Gasteiger partial charge in [0.15, 0.2) is 17.2 Å². The number of rotatable bonds is 4. The SMILES string of the molecule is COc1c2n(cc(C(=O)NCc3c(F)cc(F)cc3F)c1=O)C1CN(C2=O)C(C)CCC1=O. The average molecular weight is 463 g/mol. The summed E-state index contributed by atoms with van der Waals surface area (Å²) in [5.41, 5.74) is -2.10. The van der Waals surface area contributed by atoms with Crippen LogP contribution in [0.15, 0.2) is 23.1 Å². The molecule has 174 valence electrons. The van der Waals surface area contributed by atoms with E-state index >= 15 is 0 Å². The van der Waals surface area contributed by atoms with Crippen molar-refractivity contribution >= 4 is 17.6 Å². The van der Waals surface area contributed by atoms with Crippen LogP contribution in [0.5, 0.6) is 5.75 Å². The lowest BCUT2D eigenvalue weighted by Crippen LogP contribution is -2.48. The molecule has 4 rings (SSSR count). The zero-order valence-corrected chi connectivity index (χ0v) is 17.8. The number of ether oxygens (including phenoxy) is 1. The Morgan fingerprint density at radius 2 is 1.85 bits per heavy atom. The van der Waals surface area contributed by atoms with Crippen molar-refractivity contribution in [3.05, 3.63) is 62.8 Å². The standard InChI is InChI=1S/C22H20F3N3O5/c1-10-3-4-17(29)16-9-27(10)22(32)18-20(33-2)19(30)13(8-28(16)18)21(31)26-7-12-14(24)5-11(23)6-15(12)25/h5-6,8,10,16H,3-4,7,9H2,1-2H3,(H,26,31). The van der Waals surface area contributed by atoms with E-state index in [2.05, 4.69) is 5.32 Å². The molecule has 3 heterocycles. The molecule has 1 fully saturated rings. The van der Waals surface area contributed by atoms with Gasteiger partial charge in [0.1, 0.15) is 29.1 Å². The number of nitrogens with zero attached hydrogens (tertiary/aromatic N) is 2. The van der Waals surface area contributed by atoms with Crippen LogP contribution in [-0.2, 0) is 11.3 Å². The molecule has 0 spiro atoms. The van der Waals surface area contributed by atoms with E-state index in [9.17, 15) is 32.3 Å². The summed E-state index contributed by atoms with van der Waals surface area (Å²) in [4.78, 5) is 53.0. The van der Waals surface area contributed by atoms with Gasteiger partial charge in [0.05, 0.1) is 7.11 Å². The summed E-state index contributed by atoms with van der Waals surface area (Å²) in [7, 11) is 1.16. The zero-order chi connectivity index (χ0) is 24.0. The van der Waals surface area contributed by atoms with Crippen molar-refractivity contribution in [2.75, 3.05) is 13.7 Å². The second-order valence-electron chi connectivity index (χ2n) is 8.02. The van der Waals surface area contributed by atoms with E-state index in [1.165, 1.54) is 9.47 Å². The van der Waals surface area contributed by atoms with E-state index in [1.807, 2.05) is 6.92 Å². The number of aromatic nitrogens is 1. The van der Waals surface area contributed by atoms with E-state index in [0.717, 1.165) is 13.3 Å². The van der Waals surface area contributed by atoms with Gasteiger partial charge in [-0.3, -0.25) is 19.2 Å². The Labute approximate surface area is 185 Å². The van der Waals surface area contributed by atoms with Crippen molar-refractivity contribution in [3.63, 3.8) is 0 Å². The smallest absolute Gasteiger partial charge is 0.274 e. The minimum atomic E-state index is -1.20. The Bertz CT molecular complexity index is 1220. The van der Waals surface area contributed by atoms with Crippen molar-refractivity contribution < 1.29 is 32.3 Å². The molecule has 0 radical (unpaired) electrons. The molecular formula is C22H20F3N3O5. The highest BCUT2D eigenvalue weighted by Gasteiger charge is 2.42. The van der Waals surface area contributed by atoms with Crippen LogP contribution in [0.1, 0.15) is 52.2 Å². The van der Waals surface area contributed by atoms with Crippen LogP contribution < -0.4 is 15.5 Å². The highest BCUT2D eigenvalue weighted by Crippen LogP contribution is 2.32. The molecule has 0 saturated carbocycles. The zero-order valence-electron chi connectivity index (χ0n) is 17.8. The molecule has 33 heavy (non-hydrogen) atoms. The van der Waals surface area contributed by atoms with E-state index < -0.39 is 64.2 Å². The monoisotopic (exact) mass is 463 g/mol. The number of amides is 2. The van der Waals surface area contributed by atoms with Crippen molar-refractivity contribution in [3.8, 4) is 5.75 Å². The number of hydrogen-bond acceptors (Lipinski definition) is 5.